The number of nitrogens with one attached hydrogen (secondary N) is 1. The molecule has 3 nitrogen and oxygen atoms in total. The maximum absolute atomic E-state index is 9.93. The van der Waals surface area contributed by atoms with E-state index >= 15 is 0 Å². The van der Waals surface area contributed by atoms with E-state index in [-0.39, 0.29) is 11.5 Å². The number of aliphatic hydroxyl groups excluding tert-OH is 1. The van der Waals surface area contributed by atoms with Crippen LogP contribution in [0.4, 0.5) is 0 Å². The van der Waals surface area contributed by atoms with Gasteiger partial charge in [0.05, 0.1) is 6.10 Å². The number of aliphatic hydroxyl groups is 1. The third kappa shape index (κ3) is 4.23. The summed E-state index contributed by atoms with van der Waals surface area (Å²) in [6.45, 7) is 15.2. The van der Waals surface area contributed by atoms with E-state index in [0.717, 1.165) is 32.6 Å². The van der Waals surface area contributed by atoms with Crippen LogP contribution in [0.3, 0.4) is 0 Å². The van der Waals surface area contributed by atoms with E-state index in [2.05, 4.69) is 44.8 Å². The van der Waals surface area contributed by atoms with Crippen molar-refractivity contribution < 1.29 is 5.11 Å². The highest BCUT2D eigenvalue weighted by Gasteiger charge is 2.31. The number of hydrogen-bond donors (Lipinski definition) is 2. The van der Waals surface area contributed by atoms with Crippen molar-refractivity contribution in [1.29, 1.82) is 0 Å². The molecular weight excluding hydrogens is 212 g/mol. The zero-order valence-electron chi connectivity index (χ0n) is 12.2. The molecule has 2 N–H and O–H groups in total. The van der Waals surface area contributed by atoms with Gasteiger partial charge in [0.1, 0.15) is 0 Å². The summed E-state index contributed by atoms with van der Waals surface area (Å²) >= 11 is 0. The summed E-state index contributed by atoms with van der Waals surface area (Å²) in [4.78, 5) is 2.42. The molecule has 0 aliphatic carbocycles. The molecule has 1 saturated heterocycles. The molecule has 102 valence electrons. The van der Waals surface area contributed by atoms with Gasteiger partial charge in [-0.3, -0.25) is 0 Å². The molecule has 1 rings (SSSR count). The van der Waals surface area contributed by atoms with E-state index in [1.807, 2.05) is 0 Å². The van der Waals surface area contributed by atoms with Crippen LogP contribution in [-0.4, -0.2) is 48.3 Å². The lowest BCUT2D eigenvalue weighted by Gasteiger charge is -2.41. The third-order valence-electron chi connectivity index (χ3n) is 4.32. The Morgan fingerprint density at radius 3 is 2.65 bits per heavy atom. The van der Waals surface area contributed by atoms with Crippen LogP contribution in [-0.2, 0) is 0 Å². The largest absolute Gasteiger partial charge is 0.392 e. The van der Waals surface area contributed by atoms with Gasteiger partial charge in [0, 0.05) is 19.1 Å². The molecule has 0 saturated carbocycles. The van der Waals surface area contributed by atoms with Crippen LogP contribution in [0.1, 0.15) is 41.0 Å². The molecule has 0 aromatic heterocycles. The van der Waals surface area contributed by atoms with E-state index in [9.17, 15) is 5.11 Å². The quantitative estimate of drug-likeness (QED) is 0.770. The summed E-state index contributed by atoms with van der Waals surface area (Å²) in [5.74, 6) is 0.459. The molecule has 0 aromatic rings. The summed E-state index contributed by atoms with van der Waals surface area (Å²) in [5.41, 5.74) is 0.246. The standard InChI is InChI=1S/C14H30N2O/c1-6-15-12(3)14(4,5)10-16-8-7-11(2)13(17)9-16/h11-13,15,17H,6-10H2,1-5H3. The lowest BCUT2D eigenvalue weighted by atomic mass is 9.83. The fraction of sp³-hybridized carbons (Fsp3) is 1.00. The molecule has 0 aromatic carbocycles. The summed E-state index contributed by atoms with van der Waals surface area (Å²) in [6.07, 6.45) is 0.973. The molecule has 3 atom stereocenters. The van der Waals surface area contributed by atoms with Gasteiger partial charge in [-0.15, -0.1) is 0 Å². The van der Waals surface area contributed by atoms with Gasteiger partial charge in [-0.25, -0.2) is 0 Å². The van der Waals surface area contributed by atoms with Crippen molar-refractivity contribution >= 4 is 0 Å². The van der Waals surface area contributed by atoms with Crippen molar-refractivity contribution in [1.82, 2.24) is 10.2 Å². The lowest BCUT2D eigenvalue weighted by molar-refractivity contribution is 0.00996. The lowest BCUT2D eigenvalue weighted by Crippen LogP contribution is -2.51. The summed E-state index contributed by atoms with van der Waals surface area (Å²) in [5, 5.41) is 13.4. The van der Waals surface area contributed by atoms with Crippen molar-refractivity contribution in [2.45, 2.75) is 53.2 Å². The van der Waals surface area contributed by atoms with Gasteiger partial charge in [0.15, 0.2) is 0 Å². The molecule has 17 heavy (non-hydrogen) atoms. The minimum Gasteiger partial charge on any atom is -0.392 e. The van der Waals surface area contributed by atoms with Gasteiger partial charge in [-0.1, -0.05) is 27.7 Å². The smallest absolute Gasteiger partial charge is 0.0693 e. The Morgan fingerprint density at radius 1 is 1.47 bits per heavy atom. The van der Waals surface area contributed by atoms with Crippen molar-refractivity contribution in [2.24, 2.45) is 11.3 Å². The van der Waals surface area contributed by atoms with E-state index in [0.29, 0.717) is 12.0 Å². The van der Waals surface area contributed by atoms with E-state index in [4.69, 9.17) is 0 Å². The zero-order valence-corrected chi connectivity index (χ0v) is 12.2. The highest BCUT2D eigenvalue weighted by atomic mass is 16.3. The number of hydrogen-bond acceptors (Lipinski definition) is 3. The minimum atomic E-state index is -0.144. The summed E-state index contributed by atoms with van der Waals surface area (Å²) < 4.78 is 0. The van der Waals surface area contributed by atoms with Crippen LogP contribution in [0.15, 0.2) is 0 Å². The normalized spacial score (nSPS) is 29.3. The molecule has 3 unspecified atom stereocenters. The Kier molecular flexibility index (Phi) is 5.42. The second-order valence-electron chi connectivity index (χ2n) is 6.34. The molecule has 1 aliphatic heterocycles. The van der Waals surface area contributed by atoms with Crippen molar-refractivity contribution in [3.05, 3.63) is 0 Å². The number of nitrogens with zero attached hydrogens (tertiary/aromatic N) is 1. The first-order valence-corrected chi connectivity index (χ1v) is 7.00. The van der Waals surface area contributed by atoms with Gasteiger partial charge in [0.2, 0.25) is 0 Å². The Bertz CT molecular complexity index is 230. The predicted molar refractivity (Wildman–Crippen MR) is 73.1 cm³/mol. The number of β-amino-alcohol motifs (C(OH)–C–C–N with tert-alkyl or cyclic N) is 1. The molecule has 3 heteroatoms. The molecule has 0 amide bonds. The SMILES string of the molecule is CCNC(C)C(C)(C)CN1CCC(C)C(O)C1. The van der Waals surface area contributed by atoms with Crippen LogP contribution in [0.2, 0.25) is 0 Å². The molecule has 1 heterocycles. The van der Waals surface area contributed by atoms with E-state index < -0.39 is 0 Å². The second kappa shape index (κ2) is 6.17. The summed E-state index contributed by atoms with van der Waals surface area (Å²) in [7, 11) is 0. The van der Waals surface area contributed by atoms with E-state index in [1.165, 1.54) is 0 Å². The van der Waals surface area contributed by atoms with Crippen molar-refractivity contribution in [3.8, 4) is 0 Å². The van der Waals surface area contributed by atoms with Crippen LogP contribution < -0.4 is 5.32 Å². The average molecular weight is 242 g/mol. The fourth-order valence-corrected chi connectivity index (χ4v) is 2.55. The third-order valence-corrected chi connectivity index (χ3v) is 4.32. The highest BCUT2D eigenvalue weighted by Crippen LogP contribution is 2.25. The van der Waals surface area contributed by atoms with Gasteiger partial charge in [-0.05, 0) is 37.8 Å². The van der Waals surface area contributed by atoms with Gasteiger partial charge in [-0.2, -0.15) is 0 Å². The number of piperidine rings is 1. The van der Waals surface area contributed by atoms with Crippen LogP contribution in [0, 0.1) is 11.3 Å². The topological polar surface area (TPSA) is 35.5 Å². The molecule has 1 fully saturated rings. The molecule has 0 radical (unpaired) electrons. The monoisotopic (exact) mass is 242 g/mol. The number of rotatable bonds is 5. The molecule has 1 aliphatic rings. The van der Waals surface area contributed by atoms with Gasteiger partial charge >= 0.3 is 0 Å². The van der Waals surface area contributed by atoms with Crippen LogP contribution in [0.5, 0.6) is 0 Å². The molecule has 0 bridgehead atoms. The minimum absolute atomic E-state index is 0.144. The zero-order chi connectivity index (χ0) is 13.1. The molecular formula is C14H30N2O. The fourth-order valence-electron chi connectivity index (χ4n) is 2.55. The van der Waals surface area contributed by atoms with Crippen LogP contribution in [0.25, 0.3) is 0 Å². The van der Waals surface area contributed by atoms with E-state index in [1.54, 1.807) is 0 Å². The Hall–Kier alpha value is -0.120. The van der Waals surface area contributed by atoms with Crippen LogP contribution >= 0.6 is 0 Å². The van der Waals surface area contributed by atoms with Crippen molar-refractivity contribution in [2.75, 3.05) is 26.2 Å². The highest BCUT2D eigenvalue weighted by molar-refractivity contribution is 4.86. The molecule has 0 spiro atoms. The number of likely N-dealkylation sites (tertiary alicyclic amines) is 1. The summed E-state index contributed by atoms with van der Waals surface area (Å²) in [6, 6.07) is 0.504. The Morgan fingerprint density at radius 2 is 2.12 bits per heavy atom. The Balaban J connectivity index is 2.47. The average Bonchev–Trinajstić information content (AvgIpc) is 2.23. The maximum atomic E-state index is 9.93. The predicted octanol–water partition coefficient (Wildman–Crippen LogP) is 1.71. The first-order valence-electron chi connectivity index (χ1n) is 7.00. The Labute approximate surface area is 107 Å². The van der Waals surface area contributed by atoms with Gasteiger partial charge in [0.25, 0.3) is 0 Å². The van der Waals surface area contributed by atoms with Gasteiger partial charge < -0.3 is 15.3 Å². The second-order valence-corrected chi connectivity index (χ2v) is 6.34. The maximum Gasteiger partial charge on any atom is 0.0693 e. The van der Waals surface area contributed by atoms with Crippen molar-refractivity contribution in [3.63, 3.8) is 0 Å². The first-order chi connectivity index (χ1) is 7.86. The first kappa shape index (κ1) is 14.9.